The maximum absolute atomic E-state index is 13.0. The zero-order chi connectivity index (χ0) is 12.0. The van der Waals surface area contributed by atoms with Crippen LogP contribution in [0, 0.1) is 11.8 Å². The van der Waals surface area contributed by atoms with Crippen molar-refractivity contribution in [1.29, 1.82) is 0 Å². The molecule has 0 amide bonds. The average molecular weight is 225 g/mol. The molecule has 0 spiro atoms. The molecule has 1 saturated heterocycles. The molecule has 1 fully saturated rings. The first-order valence-electron chi connectivity index (χ1n) is 6.31. The van der Waals surface area contributed by atoms with Gasteiger partial charge in [-0.25, -0.2) is 4.39 Å². The zero-order valence-electron chi connectivity index (χ0n) is 10.4. The average Bonchev–Trinajstić information content (AvgIpc) is 2.70. The van der Waals surface area contributed by atoms with Crippen LogP contribution in [0.1, 0.15) is 26.2 Å². The number of nitrogens with zero attached hydrogens (tertiary/aromatic N) is 1. The maximum Gasteiger partial charge on any atom is 0.114 e. The zero-order valence-corrected chi connectivity index (χ0v) is 10.4. The molecule has 1 aliphatic rings. The van der Waals surface area contributed by atoms with Gasteiger partial charge in [-0.2, -0.15) is 0 Å². The standard InChI is InChI=1S/C14H24FN/c1-4-12(5-2)9-13(6-3)10-16-8-7-14(15)11-16/h4-5,12-14H,1-2,6-11H2,3H3. The number of alkyl halides is 1. The van der Waals surface area contributed by atoms with E-state index in [2.05, 4.69) is 25.0 Å². The third-order valence-electron chi connectivity index (χ3n) is 3.52. The van der Waals surface area contributed by atoms with Crippen molar-refractivity contribution in [2.45, 2.75) is 32.4 Å². The molecule has 0 radical (unpaired) electrons. The predicted octanol–water partition coefficient (Wildman–Crippen LogP) is 3.43. The molecule has 1 rings (SSSR count). The molecular formula is C14H24FN. The SMILES string of the molecule is C=CC(C=C)CC(CC)CN1CCC(F)C1. The van der Waals surface area contributed by atoms with Gasteiger partial charge in [0.25, 0.3) is 0 Å². The van der Waals surface area contributed by atoms with E-state index < -0.39 is 6.17 Å². The van der Waals surface area contributed by atoms with Crippen LogP contribution in [0.2, 0.25) is 0 Å². The molecule has 16 heavy (non-hydrogen) atoms. The van der Waals surface area contributed by atoms with E-state index >= 15 is 0 Å². The number of hydrogen-bond donors (Lipinski definition) is 0. The van der Waals surface area contributed by atoms with Crippen molar-refractivity contribution >= 4 is 0 Å². The van der Waals surface area contributed by atoms with Gasteiger partial charge < -0.3 is 4.90 Å². The van der Waals surface area contributed by atoms with Crippen LogP contribution in [-0.4, -0.2) is 30.7 Å². The molecule has 0 aromatic rings. The summed E-state index contributed by atoms with van der Waals surface area (Å²) in [6.45, 7) is 12.4. The Morgan fingerprint density at radius 3 is 2.56 bits per heavy atom. The summed E-state index contributed by atoms with van der Waals surface area (Å²) in [4.78, 5) is 2.25. The number of likely N-dealkylation sites (tertiary alicyclic amines) is 1. The fourth-order valence-electron chi connectivity index (χ4n) is 2.36. The van der Waals surface area contributed by atoms with Gasteiger partial charge in [-0.15, -0.1) is 13.2 Å². The van der Waals surface area contributed by atoms with Crippen molar-refractivity contribution < 1.29 is 4.39 Å². The highest BCUT2D eigenvalue weighted by molar-refractivity contribution is 4.93. The fraction of sp³-hybridized carbons (Fsp3) is 0.714. The highest BCUT2D eigenvalue weighted by atomic mass is 19.1. The molecule has 0 aromatic carbocycles. The lowest BCUT2D eigenvalue weighted by Gasteiger charge is -2.24. The largest absolute Gasteiger partial charge is 0.300 e. The van der Waals surface area contributed by atoms with E-state index in [1.54, 1.807) is 0 Å². The van der Waals surface area contributed by atoms with Gasteiger partial charge in [0.1, 0.15) is 6.17 Å². The Labute approximate surface area is 99.0 Å². The Morgan fingerprint density at radius 2 is 2.12 bits per heavy atom. The molecular weight excluding hydrogens is 201 g/mol. The molecule has 0 bridgehead atoms. The van der Waals surface area contributed by atoms with Gasteiger partial charge in [0.05, 0.1) is 0 Å². The summed E-state index contributed by atoms with van der Waals surface area (Å²) in [6, 6.07) is 0. The van der Waals surface area contributed by atoms with E-state index in [4.69, 9.17) is 0 Å². The summed E-state index contributed by atoms with van der Waals surface area (Å²) in [5, 5.41) is 0. The van der Waals surface area contributed by atoms with Crippen LogP contribution in [0.4, 0.5) is 4.39 Å². The summed E-state index contributed by atoms with van der Waals surface area (Å²) < 4.78 is 13.0. The second-order valence-electron chi connectivity index (χ2n) is 4.79. The molecule has 92 valence electrons. The molecule has 2 atom stereocenters. The van der Waals surface area contributed by atoms with Crippen LogP contribution in [0.5, 0.6) is 0 Å². The van der Waals surface area contributed by atoms with E-state index in [0.717, 1.165) is 25.9 Å². The van der Waals surface area contributed by atoms with E-state index in [1.807, 2.05) is 12.2 Å². The van der Waals surface area contributed by atoms with Crippen molar-refractivity contribution in [2.75, 3.05) is 19.6 Å². The van der Waals surface area contributed by atoms with Gasteiger partial charge in [-0.1, -0.05) is 25.5 Å². The molecule has 0 N–H and O–H groups in total. The van der Waals surface area contributed by atoms with E-state index in [9.17, 15) is 4.39 Å². The Kier molecular flexibility index (Phi) is 5.75. The molecule has 2 unspecified atom stereocenters. The van der Waals surface area contributed by atoms with Crippen LogP contribution in [0.25, 0.3) is 0 Å². The van der Waals surface area contributed by atoms with Gasteiger partial charge >= 0.3 is 0 Å². The molecule has 2 heteroatoms. The van der Waals surface area contributed by atoms with Gasteiger partial charge in [0, 0.05) is 19.6 Å². The van der Waals surface area contributed by atoms with Crippen LogP contribution in [-0.2, 0) is 0 Å². The van der Waals surface area contributed by atoms with Gasteiger partial charge in [-0.3, -0.25) is 0 Å². The molecule has 0 aromatic heterocycles. The monoisotopic (exact) mass is 225 g/mol. The lowest BCUT2D eigenvalue weighted by Crippen LogP contribution is -2.28. The van der Waals surface area contributed by atoms with Crippen LogP contribution in [0.15, 0.2) is 25.3 Å². The van der Waals surface area contributed by atoms with Crippen molar-refractivity contribution in [1.82, 2.24) is 4.90 Å². The minimum atomic E-state index is -0.605. The van der Waals surface area contributed by atoms with Gasteiger partial charge in [0.2, 0.25) is 0 Å². The van der Waals surface area contributed by atoms with E-state index in [0.29, 0.717) is 24.8 Å². The normalized spacial score (nSPS) is 23.6. The lowest BCUT2D eigenvalue weighted by molar-refractivity contribution is 0.236. The highest BCUT2D eigenvalue weighted by Crippen LogP contribution is 2.21. The third kappa shape index (κ3) is 4.09. The third-order valence-corrected chi connectivity index (χ3v) is 3.52. The van der Waals surface area contributed by atoms with Crippen LogP contribution >= 0.6 is 0 Å². The van der Waals surface area contributed by atoms with Crippen molar-refractivity contribution in [3.8, 4) is 0 Å². The number of allylic oxidation sites excluding steroid dienone is 2. The Hall–Kier alpha value is -0.630. The molecule has 1 aliphatic heterocycles. The van der Waals surface area contributed by atoms with E-state index in [-0.39, 0.29) is 0 Å². The molecule has 1 heterocycles. The first kappa shape index (κ1) is 13.4. The van der Waals surface area contributed by atoms with Crippen molar-refractivity contribution in [3.05, 3.63) is 25.3 Å². The quantitative estimate of drug-likeness (QED) is 0.600. The first-order valence-corrected chi connectivity index (χ1v) is 6.31. The minimum Gasteiger partial charge on any atom is -0.300 e. The second-order valence-corrected chi connectivity index (χ2v) is 4.79. The smallest absolute Gasteiger partial charge is 0.114 e. The summed E-state index contributed by atoms with van der Waals surface area (Å²) in [5.41, 5.74) is 0. The molecule has 0 aliphatic carbocycles. The first-order chi connectivity index (χ1) is 7.69. The summed E-state index contributed by atoms with van der Waals surface area (Å²) in [7, 11) is 0. The second kappa shape index (κ2) is 6.85. The Bertz CT molecular complexity index is 219. The summed E-state index contributed by atoms with van der Waals surface area (Å²) in [6.07, 6.45) is 6.26. The minimum absolute atomic E-state index is 0.397. The number of hydrogen-bond acceptors (Lipinski definition) is 1. The lowest BCUT2D eigenvalue weighted by atomic mass is 9.92. The van der Waals surface area contributed by atoms with E-state index in [1.165, 1.54) is 0 Å². The van der Waals surface area contributed by atoms with Crippen molar-refractivity contribution in [3.63, 3.8) is 0 Å². The predicted molar refractivity (Wildman–Crippen MR) is 68.2 cm³/mol. The molecule has 0 saturated carbocycles. The Morgan fingerprint density at radius 1 is 1.44 bits per heavy atom. The van der Waals surface area contributed by atoms with Crippen LogP contribution < -0.4 is 0 Å². The topological polar surface area (TPSA) is 3.24 Å². The highest BCUT2D eigenvalue weighted by Gasteiger charge is 2.24. The summed E-state index contributed by atoms with van der Waals surface area (Å²) in [5.74, 6) is 1.03. The number of halogens is 1. The van der Waals surface area contributed by atoms with Gasteiger partial charge in [-0.05, 0) is 24.7 Å². The summed E-state index contributed by atoms with van der Waals surface area (Å²) >= 11 is 0. The van der Waals surface area contributed by atoms with Gasteiger partial charge in [0.15, 0.2) is 0 Å². The van der Waals surface area contributed by atoms with Crippen LogP contribution in [0.3, 0.4) is 0 Å². The Balaban J connectivity index is 2.36. The van der Waals surface area contributed by atoms with Crippen molar-refractivity contribution in [2.24, 2.45) is 11.8 Å². The maximum atomic E-state index is 13.0. The molecule has 1 nitrogen and oxygen atoms in total. The number of rotatable bonds is 7. The fourth-order valence-corrected chi connectivity index (χ4v) is 2.36.